The summed E-state index contributed by atoms with van der Waals surface area (Å²) in [5.41, 5.74) is 1.55. The first-order chi connectivity index (χ1) is 9.63. The topological polar surface area (TPSA) is 39.7 Å². The first kappa shape index (κ1) is 15.0. The molecule has 1 saturated heterocycles. The summed E-state index contributed by atoms with van der Waals surface area (Å²) in [4.78, 5) is 0. The molecule has 0 spiro atoms. The molecular formula is C14H19F2NO3. The van der Waals surface area contributed by atoms with Gasteiger partial charge in [0.1, 0.15) is 11.5 Å². The van der Waals surface area contributed by atoms with Crippen molar-refractivity contribution in [2.75, 3.05) is 20.8 Å². The Labute approximate surface area is 117 Å². The van der Waals surface area contributed by atoms with Crippen LogP contribution in [-0.4, -0.2) is 33.4 Å². The summed E-state index contributed by atoms with van der Waals surface area (Å²) >= 11 is 0. The predicted molar refractivity (Wildman–Crippen MR) is 70.5 cm³/mol. The third-order valence-electron chi connectivity index (χ3n) is 3.44. The lowest BCUT2D eigenvalue weighted by Crippen LogP contribution is -2.44. The molecule has 1 aromatic carbocycles. The van der Waals surface area contributed by atoms with Gasteiger partial charge in [0, 0.05) is 11.6 Å². The Hall–Kier alpha value is -1.40. The number of hydrogen-bond acceptors (Lipinski definition) is 4. The van der Waals surface area contributed by atoms with E-state index >= 15 is 0 Å². The number of ether oxygens (including phenoxy) is 3. The number of hydrogen-bond donors (Lipinski definition) is 1. The first-order valence-electron chi connectivity index (χ1n) is 6.51. The molecule has 1 aliphatic heterocycles. The second kappa shape index (κ2) is 6.85. The average molecular weight is 287 g/mol. The minimum Gasteiger partial charge on any atom is -0.496 e. The molecule has 1 aromatic rings. The van der Waals surface area contributed by atoms with E-state index < -0.39 is 6.61 Å². The Morgan fingerprint density at radius 1 is 1.20 bits per heavy atom. The van der Waals surface area contributed by atoms with Gasteiger partial charge in [-0.1, -0.05) is 0 Å². The normalized spacial score (nSPS) is 17.9. The lowest BCUT2D eigenvalue weighted by Gasteiger charge is -2.28. The molecule has 0 amide bonds. The Bertz CT molecular complexity index is 450. The van der Waals surface area contributed by atoms with E-state index in [2.05, 4.69) is 10.1 Å². The van der Waals surface area contributed by atoms with Gasteiger partial charge in [0.15, 0.2) is 0 Å². The van der Waals surface area contributed by atoms with Crippen LogP contribution in [0.2, 0.25) is 0 Å². The molecule has 0 aliphatic carbocycles. The Morgan fingerprint density at radius 2 is 1.80 bits per heavy atom. The van der Waals surface area contributed by atoms with Crippen molar-refractivity contribution in [2.24, 2.45) is 0 Å². The van der Waals surface area contributed by atoms with Crippen molar-refractivity contribution in [1.29, 1.82) is 0 Å². The SMILES string of the molecule is COc1cc(C[C@H]2CCN2)c(OC)cc1COC(F)F. The van der Waals surface area contributed by atoms with E-state index in [0.29, 0.717) is 23.1 Å². The lowest BCUT2D eigenvalue weighted by atomic mass is 9.96. The van der Waals surface area contributed by atoms with Crippen LogP contribution in [0.4, 0.5) is 8.78 Å². The van der Waals surface area contributed by atoms with Crippen molar-refractivity contribution in [3.05, 3.63) is 23.3 Å². The molecule has 6 heteroatoms. The van der Waals surface area contributed by atoms with E-state index in [1.807, 2.05) is 6.07 Å². The highest BCUT2D eigenvalue weighted by atomic mass is 19.3. The summed E-state index contributed by atoms with van der Waals surface area (Å²) in [6.07, 6.45) is 1.96. The van der Waals surface area contributed by atoms with E-state index in [9.17, 15) is 8.78 Å². The number of nitrogens with one attached hydrogen (secondary N) is 1. The van der Waals surface area contributed by atoms with Gasteiger partial charge < -0.3 is 19.5 Å². The van der Waals surface area contributed by atoms with Crippen LogP contribution in [0.15, 0.2) is 12.1 Å². The number of halogens is 2. The summed E-state index contributed by atoms with van der Waals surface area (Å²) in [6.45, 7) is -1.98. The Morgan fingerprint density at radius 3 is 2.30 bits per heavy atom. The molecule has 1 heterocycles. The monoisotopic (exact) mass is 287 g/mol. The lowest BCUT2D eigenvalue weighted by molar-refractivity contribution is -0.137. The van der Waals surface area contributed by atoms with E-state index in [1.165, 1.54) is 7.11 Å². The first-order valence-corrected chi connectivity index (χ1v) is 6.51. The van der Waals surface area contributed by atoms with E-state index in [0.717, 1.165) is 24.9 Å². The Kier molecular flexibility index (Phi) is 5.14. The molecule has 112 valence electrons. The quantitative estimate of drug-likeness (QED) is 0.835. The van der Waals surface area contributed by atoms with Gasteiger partial charge >= 0.3 is 6.61 Å². The summed E-state index contributed by atoms with van der Waals surface area (Å²) in [6, 6.07) is 3.98. The molecule has 4 nitrogen and oxygen atoms in total. The number of rotatable bonds is 7. The summed E-state index contributed by atoms with van der Waals surface area (Å²) in [5, 5.41) is 3.32. The Balaban J connectivity index is 2.19. The number of benzene rings is 1. The molecule has 1 atom stereocenters. The van der Waals surface area contributed by atoms with Crippen LogP contribution in [0.5, 0.6) is 11.5 Å². The number of methoxy groups -OCH3 is 2. The number of alkyl halides is 2. The zero-order chi connectivity index (χ0) is 14.5. The van der Waals surface area contributed by atoms with Crippen LogP contribution in [0, 0.1) is 0 Å². The maximum atomic E-state index is 12.1. The van der Waals surface area contributed by atoms with Crippen molar-refractivity contribution in [3.63, 3.8) is 0 Å². The van der Waals surface area contributed by atoms with Crippen LogP contribution in [0.3, 0.4) is 0 Å². The van der Waals surface area contributed by atoms with Gasteiger partial charge in [-0.2, -0.15) is 8.78 Å². The average Bonchev–Trinajstić information content (AvgIpc) is 2.40. The molecule has 20 heavy (non-hydrogen) atoms. The molecule has 2 rings (SSSR count). The molecular weight excluding hydrogens is 268 g/mol. The van der Waals surface area contributed by atoms with Crippen molar-refractivity contribution in [3.8, 4) is 11.5 Å². The van der Waals surface area contributed by atoms with Crippen LogP contribution >= 0.6 is 0 Å². The second-order valence-electron chi connectivity index (χ2n) is 4.69. The highest BCUT2D eigenvalue weighted by Gasteiger charge is 2.20. The largest absolute Gasteiger partial charge is 0.496 e. The summed E-state index contributed by atoms with van der Waals surface area (Å²) in [7, 11) is 3.08. The fourth-order valence-corrected chi connectivity index (χ4v) is 2.24. The molecule has 0 aromatic heterocycles. The summed E-state index contributed by atoms with van der Waals surface area (Å²) in [5.74, 6) is 1.22. The van der Waals surface area contributed by atoms with E-state index in [4.69, 9.17) is 9.47 Å². The van der Waals surface area contributed by atoms with Gasteiger partial charge in [-0.05, 0) is 37.1 Å². The van der Waals surface area contributed by atoms with Gasteiger partial charge in [-0.3, -0.25) is 0 Å². The minimum atomic E-state index is -2.80. The molecule has 0 saturated carbocycles. The minimum absolute atomic E-state index is 0.209. The molecule has 0 bridgehead atoms. The molecule has 0 unspecified atom stereocenters. The summed E-state index contributed by atoms with van der Waals surface area (Å²) < 4.78 is 39.2. The smallest absolute Gasteiger partial charge is 0.345 e. The zero-order valence-corrected chi connectivity index (χ0v) is 11.6. The van der Waals surface area contributed by atoms with Crippen molar-refractivity contribution >= 4 is 0 Å². The van der Waals surface area contributed by atoms with Crippen LogP contribution in [0.1, 0.15) is 17.5 Å². The van der Waals surface area contributed by atoms with Gasteiger partial charge in [-0.25, -0.2) is 0 Å². The van der Waals surface area contributed by atoms with Gasteiger partial charge in [0.25, 0.3) is 0 Å². The van der Waals surface area contributed by atoms with Crippen molar-refractivity contribution in [2.45, 2.75) is 32.1 Å². The molecule has 0 radical (unpaired) electrons. The van der Waals surface area contributed by atoms with E-state index in [-0.39, 0.29) is 6.61 Å². The third kappa shape index (κ3) is 3.58. The third-order valence-corrected chi connectivity index (χ3v) is 3.44. The predicted octanol–water partition coefficient (Wildman–Crippen LogP) is 2.35. The van der Waals surface area contributed by atoms with Crippen LogP contribution < -0.4 is 14.8 Å². The van der Waals surface area contributed by atoms with E-state index in [1.54, 1.807) is 13.2 Å². The standard InChI is InChI=1S/C14H19F2NO3/c1-18-12-7-10(8-20-14(15)16)13(19-2)6-9(12)5-11-3-4-17-11/h6-7,11,14,17H,3-5,8H2,1-2H3/t11-/m1/s1. The van der Waals surface area contributed by atoms with Crippen molar-refractivity contribution in [1.82, 2.24) is 5.32 Å². The van der Waals surface area contributed by atoms with Crippen LogP contribution in [-0.2, 0) is 17.8 Å². The molecule has 1 aliphatic rings. The maximum Gasteiger partial charge on any atom is 0.345 e. The van der Waals surface area contributed by atoms with Gasteiger partial charge in [0.05, 0.1) is 20.8 Å². The van der Waals surface area contributed by atoms with Gasteiger partial charge in [-0.15, -0.1) is 0 Å². The highest BCUT2D eigenvalue weighted by molar-refractivity contribution is 5.46. The van der Waals surface area contributed by atoms with Crippen molar-refractivity contribution < 1.29 is 23.0 Å². The fraction of sp³-hybridized carbons (Fsp3) is 0.571. The fourth-order valence-electron chi connectivity index (χ4n) is 2.24. The van der Waals surface area contributed by atoms with Gasteiger partial charge in [0.2, 0.25) is 0 Å². The zero-order valence-electron chi connectivity index (χ0n) is 11.6. The molecule has 1 fully saturated rings. The van der Waals surface area contributed by atoms with Crippen LogP contribution in [0.25, 0.3) is 0 Å². The maximum absolute atomic E-state index is 12.1. The highest BCUT2D eigenvalue weighted by Crippen LogP contribution is 2.31. The molecule has 1 N–H and O–H groups in total. The second-order valence-corrected chi connectivity index (χ2v) is 4.69.